The number of halogens is 1. The molecule has 0 saturated carbocycles. The van der Waals surface area contributed by atoms with E-state index in [1.165, 1.54) is 23.5 Å². The SMILES string of the molecule is O=C(NCCCc1ccccc1)C(=O)NC[C@H](c1cccs1)S(=O)(=O)c1ccc(F)cc1. The third-order valence-electron chi connectivity index (χ3n) is 4.80. The fourth-order valence-corrected chi connectivity index (χ4v) is 5.90. The van der Waals surface area contributed by atoms with Crippen LogP contribution < -0.4 is 10.6 Å². The van der Waals surface area contributed by atoms with Crippen LogP contribution in [0.4, 0.5) is 4.39 Å². The number of hydrogen-bond donors (Lipinski definition) is 2. The van der Waals surface area contributed by atoms with E-state index >= 15 is 0 Å². The molecule has 168 valence electrons. The van der Waals surface area contributed by atoms with Crippen LogP contribution in [0.15, 0.2) is 77.0 Å². The second-order valence-corrected chi connectivity index (χ2v) is 10.2. The Hall–Kier alpha value is -3.04. The molecule has 6 nitrogen and oxygen atoms in total. The van der Waals surface area contributed by atoms with Crippen molar-refractivity contribution in [2.75, 3.05) is 13.1 Å². The van der Waals surface area contributed by atoms with Crippen molar-refractivity contribution < 1.29 is 22.4 Å². The number of nitrogens with one attached hydrogen (secondary N) is 2. The molecular weight excluding hydrogens is 451 g/mol. The second kappa shape index (κ2) is 11.0. The van der Waals surface area contributed by atoms with Gasteiger partial charge in [-0.25, -0.2) is 12.8 Å². The molecular formula is C23H23FN2O4S2. The molecule has 0 aliphatic rings. The van der Waals surface area contributed by atoms with Gasteiger partial charge in [-0.15, -0.1) is 11.3 Å². The number of rotatable bonds is 9. The maximum absolute atomic E-state index is 13.2. The molecule has 9 heteroatoms. The van der Waals surface area contributed by atoms with Crippen LogP contribution in [-0.2, 0) is 25.8 Å². The minimum absolute atomic E-state index is 0.0584. The van der Waals surface area contributed by atoms with Gasteiger partial charge in [0.15, 0.2) is 9.84 Å². The lowest BCUT2D eigenvalue weighted by molar-refractivity contribution is -0.139. The van der Waals surface area contributed by atoms with E-state index in [-0.39, 0.29) is 11.4 Å². The Morgan fingerprint density at radius 2 is 1.59 bits per heavy atom. The highest BCUT2D eigenvalue weighted by Gasteiger charge is 2.31. The maximum atomic E-state index is 13.2. The number of aryl methyl sites for hydroxylation is 1. The van der Waals surface area contributed by atoms with E-state index in [1.54, 1.807) is 17.5 Å². The van der Waals surface area contributed by atoms with Crippen molar-refractivity contribution in [3.05, 3.63) is 88.4 Å². The smallest absolute Gasteiger partial charge is 0.309 e. The fraction of sp³-hybridized carbons (Fsp3) is 0.217. The molecule has 1 heterocycles. The van der Waals surface area contributed by atoms with Crippen molar-refractivity contribution in [3.8, 4) is 0 Å². The van der Waals surface area contributed by atoms with E-state index in [1.807, 2.05) is 30.3 Å². The number of thiophene rings is 1. The van der Waals surface area contributed by atoms with E-state index < -0.39 is 32.7 Å². The Bertz CT molecular complexity index is 1130. The highest BCUT2D eigenvalue weighted by atomic mass is 32.2. The van der Waals surface area contributed by atoms with Gasteiger partial charge in [0, 0.05) is 18.0 Å². The first-order valence-electron chi connectivity index (χ1n) is 10.0. The summed E-state index contributed by atoms with van der Waals surface area (Å²) in [7, 11) is -3.92. The molecule has 0 unspecified atom stereocenters. The van der Waals surface area contributed by atoms with Crippen LogP contribution in [0, 0.1) is 5.82 Å². The van der Waals surface area contributed by atoms with Gasteiger partial charge in [-0.05, 0) is 54.1 Å². The molecule has 0 saturated heterocycles. The molecule has 0 bridgehead atoms. The van der Waals surface area contributed by atoms with Crippen LogP contribution in [0.25, 0.3) is 0 Å². The summed E-state index contributed by atoms with van der Waals surface area (Å²) < 4.78 is 39.4. The summed E-state index contributed by atoms with van der Waals surface area (Å²) >= 11 is 1.23. The first-order valence-corrected chi connectivity index (χ1v) is 12.4. The summed E-state index contributed by atoms with van der Waals surface area (Å²) in [5.74, 6) is -2.27. The van der Waals surface area contributed by atoms with E-state index in [4.69, 9.17) is 0 Å². The molecule has 1 aromatic heterocycles. The standard InChI is InChI=1S/C23H23FN2O4S2/c24-18-10-12-19(13-11-18)32(29,30)21(20-9-5-15-31-20)16-26-23(28)22(27)25-14-4-8-17-6-2-1-3-7-17/h1-3,5-7,9-13,15,21H,4,8,14,16H2,(H,25,27)(H,26,28)/t21-/m1/s1. The van der Waals surface area contributed by atoms with Crippen LogP contribution in [-0.4, -0.2) is 33.3 Å². The molecule has 3 rings (SSSR count). The number of carbonyl (C=O) groups is 2. The topological polar surface area (TPSA) is 92.3 Å². The Morgan fingerprint density at radius 1 is 0.906 bits per heavy atom. The van der Waals surface area contributed by atoms with Crippen LogP contribution in [0.1, 0.15) is 22.1 Å². The van der Waals surface area contributed by atoms with Gasteiger partial charge < -0.3 is 10.6 Å². The normalized spacial score (nSPS) is 12.2. The van der Waals surface area contributed by atoms with Gasteiger partial charge in [-0.2, -0.15) is 0 Å². The largest absolute Gasteiger partial charge is 0.348 e. The van der Waals surface area contributed by atoms with Gasteiger partial charge in [0.25, 0.3) is 0 Å². The monoisotopic (exact) mass is 474 g/mol. The quantitative estimate of drug-likeness (QED) is 0.283. The fourth-order valence-electron chi connectivity index (χ4n) is 3.11. The Kier molecular flexibility index (Phi) is 8.13. The molecule has 0 aliphatic carbocycles. The highest BCUT2D eigenvalue weighted by molar-refractivity contribution is 7.91. The molecule has 0 aliphatic heterocycles. The lowest BCUT2D eigenvalue weighted by Gasteiger charge is -2.17. The van der Waals surface area contributed by atoms with Crippen LogP contribution in [0.2, 0.25) is 0 Å². The first-order chi connectivity index (χ1) is 15.4. The van der Waals surface area contributed by atoms with E-state index in [9.17, 15) is 22.4 Å². The van der Waals surface area contributed by atoms with Gasteiger partial charge in [0.2, 0.25) is 0 Å². The lowest BCUT2D eigenvalue weighted by atomic mass is 10.1. The Labute approximate surface area is 190 Å². The van der Waals surface area contributed by atoms with Crippen molar-refractivity contribution in [3.63, 3.8) is 0 Å². The predicted octanol–water partition coefficient (Wildman–Crippen LogP) is 3.27. The summed E-state index contributed by atoms with van der Waals surface area (Å²) in [5.41, 5.74) is 1.14. The van der Waals surface area contributed by atoms with Crippen molar-refractivity contribution in [1.82, 2.24) is 10.6 Å². The van der Waals surface area contributed by atoms with Gasteiger partial charge in [0.1, 0.15) is 11.1 Å². The molecule has 0 fully saturated rings. The molecule has 1 atom stereocenters. The van der Waals surface area contributed by atoms with Crippen molar-refractivity contribution in [1.29, 1.82) is 0 Å². The highest BCUT2D eigenvalue weighted by Crippen LogP contribution is 2.31. The average molecular weight is 475 g/mol. The lowest BCUT2D eigenvalue weighted by Crippen LogP contribution is -2.42. The van der Waals surface area contributed by atoms with Gasteiger partial charge in [0.05, 0.1) is 4.90 Å². The summed E-state index contributed by atoms with van der Waals surface area (Å²) in [4.78, 5) is 24.8. The van der Waals surface area contributed by atoms with Crippen molar-refractivity contribution >= 4 is 33.0 Å². The molecule has 2 N–H and O–H groups in total. The molecule has 32 heavy (non-hydrogen) atoms. The average Bonchev–Trinajstić information content (AvgIpc) is 3.32. The summed E-state index contributed by atoms with van der Waals surface area (Å²) in [6, 6.07) is 17.6. The summed E-state index contributed by atoms with van der Waals surface area (Å²) in [6.45, 7) is 0.0415. The minimum Gasteiger partial charge on any atom is -0.348 e. The van der Waals surface area contributed by atoms with E-state index in [0.717, 1.165) is 24.1 Å². The maximum Gasteiger partial charge on any atom is 0.309 e. The number of amides is 2. The molecule has 2 amide bonds. The first kappa shape index (κ1) is 23.6. The molecule has 0 spiro atoms. The van der Waals surface area contributed by atoms with Crippen molar-refractivity contribution in [2.24, 2.45) is 0 Å². The zero-order chi connectivity index (χ0) is 23.0. The van der Waals surface area contributed by atoms with Crippen molar-refractivity contribution in [2.45, 2.75) is 23.0 Å². The van der Waals surface area contributed by atoms with Gasteiger partial charge in [-0.3, -0.25) is 9.59 Å². The Balaban J connectivity index is 1.58. The number of sulfone groups is 1. The third kappa shape index (κ3) is 6.24. The van der Waals surface area contributed by atoms with Crippen LogP contribution in [0.3, 0.4) is 0 Å². The van der Waals surface area contributed by atoms with E-state index in [2.05, 4.69) is 10.6 Å². The van der Waals surface area contributed by atoms with E-state index in [0.29, 0.717) is 17.8 Å². The number of benzene rings is 2. The van der Waals surface area contributed by atoms with Crippen LogP contribution in [0.5, 0.6) is 0 Å². The minimum atomic E-state index is -3.92. The molecule has 3 aromatic rings. The second-order valence-electron chi connectivity index (χ2n) is 7.06. The zero-order valence-electron chi connectivity index (χ0n) is 17.2. The summed E-state index contributed by atoms with van der Waals surface area (Å²) in [5, 5.41) is 5.60. The summed E-state index contributed by atoms with van der Waals surface area (Å²) in [6.07, 6.45) is 1.43. The zero-order valence-corrected chi connectivity index (χ0v) is 18.8. The van der Waals surface area contributed by atoms with Gasteiger partial charge in [-0.1, -0.05) is 36.4 Å². The van der Waals surface area contributed by atoms with Crippen LogP contribution >= 0.6 is 11.3 Å². The van der Waals surface area contributed by atoms with Gasteiger partial charge >= 0.3 is 11.8 Å². The third-order valence-corrected chi connectivity index (χ3v) is 8.04. The number of hydrogen-bond acceptors (Lipinski definition) is 5. The number of carbonyl (C=O) groups excluding carboxylic acids is 2. The predicted molar refractivity (Wildman–Crippen MR) is 121 cm³/mol. The molecule has 2 aromatic carbocycles. The Morgan fingerprint density at radius 3 is 2.25 bits per heavy atom. The molecule has 0 radical (unpaired) electrons.